The third-order valence-corrected chi connectivity index (χ3v) is 4.65. The molecule has 0 saturated heterocycles. The van der Waals surface area contributed by atoms with E-state index in [4.69, 9.17) is 0 Å². The molecule has 0 bridgehead atoms. The van der Waals surface area contributed by atoms with Crippen molar-refractivity contribution in [2.24, 2.45) is 0 Å². The van der Waals surface area contributed by atoms with E-state index in [0.717, 1.165) is 16.8 Å². The second-order valence-corrected chi connectivity index (χ2v) is 7.07. The molecule has 2 amide bonds. The summed E-state index contributed by atoms with van der Waals surface area (Å²) in [7, 11) is 0. The molecule has 0 aromatic heterocycles. The summed E-state index contributed by atoms with van der Waals surface area (Å²) in [5.74, 6) is -0.823. The largest absolute Gasteiger partial charge is 0.350 e. The van der Waals surface area contributed by atoms with Crippen LogP contribution >= 0.6 is 0 Å². The maximum Gasteiger partial charge on any atom is 0.278 e. The molecule has 144 valence electrons. The van der Waals surface area contributed by atoms with E-state index >= 15 is 0 Å². The first-order valence-corrected chi connectivity index (χ1v) is 8.92. The van der Waals surface area contributed by atoms with Crippen molar-refractivity contribution in [3.8, 4) is 0 Å². The van der Waals surface area contributed by atoms with Gasteiger partial charge in [-0.15, -0.1) is 0 Å². The van der Waals surface area contributed by atoms with E-state index in [1.165, 1.54) is 29.2 Å². The zero-order valence-electron chi connectivity index (χ0n) is 16.1. The van der Waals surface area contributed by atoms with Gasteiger partial charge in [0.05, 0.1) is 10.5 Å². The Morgan fingerprint density at radius 1 is 1.00 bits per heavy atom. The van der Waals surface area contributed by atoms with Crippen LogP contribution in [0.1, 0.15) is 30.5 Å². The van der Waals surface area contributed by atoms with Gasteiger partial charge in [-0.1, -0.05) is 12.1 Å². The number of benzene rings is 2. The van der Waals surface area contributed by atoms with Gasteiger partial charge in [0.25, 0.3) is 17.5 Å². The Hall–Kier alpha value is -3.48. The minimum atomic E-state index is -0.504. The first kappa shape index (κ1) is 19.3. The zero-order valence-corrected chi connectivity index (χ0v) is 16.1. The Balaban J connectivity index is 2.13. The number of aryl methyl sites for hydroxylation is 2. The van der Waals surface area contributed by atoms with E-state index in [1.807, 2.05) is 32.0 Å². The van der Waals surface area contributed by atoms with E-state index in [0.29, 0.717) is 5.56 Å². The van der Waals surface area contributed by atoms with Gasteiger partial charge in [0.15, 0.2) is 0 Å². The number of nitrogens with zero attached hydrogens (tertiary/aromatic N) is 2. The smallest absolute Gasteiger partial charge is 0.278 e. The fraction of sp³-hybridized carbons (Fsp3) is 0.238. The van der Waals surface area contributed by atoms with E-state index in [2.05, 4.69) is 5.32 Å². The van der Waals surface area contributed by atoms with Crippen molar-refractivity contribution in [2.45, 2.75) is 33.7 Å². The highest BCUT2D eigenvalue weighted by atomic mass is 16.6. The third-order valence-electron chi connectivity index (χ3n) is 4.65. The Labute approximate surface area is 162 Å². The van der Waals surface area contributed by atoms with Crippen LogP contribution in [0.3, 0.4) is 0 Å². The number of rotatable bonds is 5. The fourth-order valence-electron chi connectivity index (χ4n) is 3.15. The van der Waals surface area contributed by atoms with Gasteiger partial charge in [0.1, 0.15) is 5.70 Å². The minimum absolute atomic E-state index is 0.0779. The maximum absolute atomic E-state index is 13.0. The number of carbonyl (C=O) groups excluding carboxylic acids is 2. The highest BCUT2D eigenvalue weighted by Gasteiger charge is 2.40. The molecular weight excluding hydrogens is 358 g/mol. The fourth-order valence-corrected chi connectivity index (χ4v) is 3.15. The van der Waals surface area contributed by atoms with Crippen LogP contribution in [0.15, 0.2) is 48.2 Å². The summed E-state index contributed by atoms with van der Waals surface area (Å²) in [6, 6.07) is 11.1. The molecule has 0 fully saturated rings. The summed E-state index contributed by atoms with van der Waals surface area (Å²) in [6.45, 7) is 7.39. The van der Waals surface area contributed by atoms with Gasteiger partial charge in [-0.2, -0.15) is 0 Å². The Bertz CT molecular complexity index is 1010. The topological polar surface area (TPSA) is 92.6 Å². The first-order valence-electron chi connectivity index (χ1n) is 8.92. The van der Waals surface area contributed by atoms with Gasteiger partial charge in [0, 0.05) is 23.9 Å². The Kier molecular flexibility index (Phi) is 5.00. The van der Waals surface area contributed by atoms with Gasteiger partial charge in [-0.05, 0) is 62.6 Å². The average Bonchev–Trinajstić information content (AvgIpc) is 2.88. The molecule has 0 unspecified atom stereocenters. The number of imide groups is 1. The summed E-state index contributed by atoms with van der Waals surface area (Å²) < 4.78 is 0. The SMILES string of the molecule is Cc1ccc(C)c(NC2=C(c3ccc([N+](=O)[O-])cc3)C(=O)N(C(C)C)C2=O)c1. The lowest BCUT2D eigenvalue weighted by Gasteiger charge is -2.19. The number of hydrogen-bond donors (Lipinski definition) is 1. The van der Waals surface area contributed by atoms with E-state index in [1.54, 1.807) is 13.8 Å². The third kappa shape index (κ3) is 3.38. The van der Waals surface area contributed by atoms with Crippen LogP contribution in [0, 0.1) is 24.0 Å². The number of nitrogens with one attached hydrogen (secondary N) is 1. The molecule has 0 aliphatic carbocycles. The van der Waals surface area contributed by atoms with Crippen molar-refractivity contribution in [2.75, 3.05) is 5.32 Å². The van der Waals surface area contributed by atoms with Gasteiger partial charge in [0.2, 0.25) is 0 Å². The van der Waals surface area contributed by atoms with Crippen molar-refractivity contribution in [3.63, 3.8) is 0 Å². The van der Waals surface area contributed by atoms with E-state index < -0.39 is 16.7 Å². The molecule has 0 atom stereocenters. The lowest BCUT2D eigenvalue weighted by Crippen LogP contribution is -2.38. The van der Waals surface area contributed by atoms with Crippen LogP contribution in [0.2, 0.25) is 0 Å². The number of hydrogen-bond acceptors (Lipinski definition) is 5. The summed E-state index contributed by atoms with van der Waals surface area (Å²) in [4.78, 5) is 37.6. The van der Waals surface area contributed by atoms with Crippen molar-refractivity contribution in [1.29, 1.82) is 0 Å². The molecule has 7 heteroatoms. The molecule has 1 N–H and O–H groups in total. The number of non-ortho nitro benzene ring substituents is 1. The molecule has 1 aliphatic heterocycles. The number of nitro benzene ring substituents is 1. The van der Waals surface area contributed by atoms with Crippen LogP contribution in [0.5, 0.6) is 0 Å². The maximum atomic E-state index is 13.0. The molecule has 0 radical (unpaired) electrons. The Morgan fingerprint density at radius 2 is 1.64 bits per heavy atom. The van der Waals surface area contributed by atoms with Crippen LogP contribution in [0.4, 0.5) is 11.4 Å². The molecular formula is C21H21N3O4. The molecule has 2 aromatic carbocycles. The van der Waals surface area contributed by atoms with Crippen LogP contribution in [-0.2, 0) is 9.59 Å². The number of nitro groups is 1. The quantitative estimate of drug-likeness (QED) is 0.484. The van der Waals surface area contributed by atoms with Gasteiger partial charge in [-0.25, -0.2) is 0 Å². The Morgan fingerprint density at radius 3 is 2.21 bits per heavy atom. The lowest BCUT2D eigenvalue weighted by atomic mass is 10.0. The molecule has 1 heterocycles. The summed E-state index contributed by atoms with van der Waals surface area (Å²) in [5, 5.41) is 14.1. The number of amides is 2. The second-order valence-electron chi connectivity index (χ2n) is 7.07. The monoisotopic (exact) mass is 379 g/mol. The first-order chi connectivity index (χ1) is 13.2. The van der Waals surface area contributed by atoms with Crippen molar-refractivity contribution >= 4 is 28.8 Å². The van der Waals surface area contributed by atoms with E-state index in [-0.39, 0.29) is 23.0 Å². The zero-order chi connectivity index (χ0) is 20.6. The molecule has 0 saturated carbocycles. The van der Waals surface area contributed by atoms with Gasteiger partial charge in [-0.3, -0.25) is 24.6 Å². The average molecular weight is 379 g/mol. The van der Waals surface area contributed by atoms with E-state index in [9.17, 15) is 19.7 Å². The predicted octanol–water partition coefficient (Wildman–Crippen LogP) is 3.81. The van der Waals surface area contributed by atoms with Crippen molar-refractivity contribution in [1.82, 2.24) is 4.90 Å². The highest BCUT2D eigenvalue weighted by molar-refractivity contribution is 6.36. The summed E-state index contributed by atoms with van der Waals surface area (Å²) >= 11 is 0. The van der Waals surface area contributed by atoms with Crippen LogP contribution in [0.25, 0.3) is 5.57 Å². The summed E-state index contributed by atoms with van der Waals surface area (Å²) in [5.41, 5.74) is 3.47. The van der Waals surface area contributed by atoms with Gasteiger partial charge >= 0.3 is 0 Å². The van der Waals surface area contributed by atoms with Gasteiger partial charge < -0.3 is 5.32 Å². The predicted molar refractivity (Wildman–Crippen MR) is 107 cm³/mol. The van der Waals surface area contributed by atoms with Crippen molar-refractivity contribution < 1.29 is 14.5 Å². The molecule has 28 heavy (non-hydrogen) atoms. The molecule has 2 aromatic rings. The standard InChI is InChI=1S/C21H21N3O4/c1-12(2)23-20(25)18(15-7-9-16(10-8-15)24(27)28)19(21(23)26)22-17-11-13(3)5-6-14(17)4/h5-12,22H,1-4H3. The summed E-state index contributed by atoms with van der Waals surface area (Å²) in [6.07, 6.45) is 0. The normalized spacial score (nSPS) is 14.2. The molecule has 0 spiro atoms. The van der Waals surface area contributed by atoms with Crippen LogP contribution < -0.4 is 5.32 Å². The number of anilines is 1. The lowest BCUT2D eigenvalue weighted by molar-refractivity contribution is -0.384. The van der Waals surface area contributed by atoms with Crippen molar-refractivity contribution in [3.05, 3.63) is 75.0 Å². The molecule has 3 rings (SSSR count). The molecule has 1 aliphatic rings. The second kappa shape index (κ2) is 7.26. The molecule has 7 nitrogen and oxygen atoms in total. The minimum Gasteiger partial charge on any atom is -0.350 e. The number of carbonyl (C=O) groups is 2. The highest BCUT2D eigenvalue weighted by Crippen LogP contribution is 2.33. The van der Waals surface area contributed by atoms with Crippen LogP contribution in [-0.4, -0.2) is 27.7 Å².